The van der Waals surface area contributed by atoms with Gasteiger partial charge in [0.15, 0.2) is 0 Å². The van der Waals surface area contributed by atoms with Crippen LogP contribution < -0.4 is 0 Å². The lowest BCUT2D eigenvalue weighted by atomic mass is 10.2. The molecule has 1 aromatic heterocycles. The molecule has 14 nitrogen and oxygen atoms in total. The first-order valence-electron chi connectivity index (χ1n) is 7.96. The summed E-state index contributed by atoms with van der Waals surface area (Å²) >= 11 is 1.29. The van der Waals surface area contributed by atoms with E-state index in [0.29, 0.717) is 10.5 Å². The van der Waals surface area contributed by atoms with Crippen LogP contribution in [0.3, 0.4) is 0 Å². The van der Waals surface area contributed by atoms with Gasteiger partial charge in [0.25, 0.3) is 0 Å². The molecule has 30 heavy (non-hydrogen) atoms. The number of hydrogen-bond acceptors (Lipinski definition) is 11. The third-order valence-corrected chi connectivity index (χ3v) is 8.61. The molecule has 1 saturated heterocycles. The molecule has 2 aromatic rings. The van der Waals surface area contributed by atoms with Crippen molar-refractivity contribution in [3.8, 4) is 0 Å². The number of benzene rings is 1. The van der Waals surface area contributed by atoms with E-state index in [-0.39, 0.29) is 12.8 Å². The maximum absolute atomic E-state index is 12.2. The van der Waals surface area contributed by atoms with Gasteiger partial charge in [-0.05, 0) is 25.0 Å². The Bertz CT molecular complexity index is 1000. The van der Waals surface area contributed by atoms with Gasteiger partial charge in [-0.15, -0.1) is 11.3 Å². The van der Waals surface area contributed by atoms with E-state index < -0.39 is 41.6 Å². The van der Waals surface area contributed by atoms with Crippen LogP contribution in [0.4, 0.5) is 0 Å². The second-order valence-electron chi connectivity index (χ2n) is 6.05. The number of rotatable bonds is 8. The van der Waals surface area contributed by atoms with Gasteiger partial charge >= 0.3 is 29.4 Å². The number of nitrogens with zero attached hydrogens (tertiary/aromatic N) is 1. The third kappa shape index (κ3) is 6.22. The highest BCUT2D eigenvalue weighted by Crippen LogP contribution is 2.69. The largest absolute Gasteiger partial charge is 0.497 e. The fourth-order valence-electron chi connectivity index (χ4n) is 2.66. The summed E-state index contributed by atoms with van der Waals surface area (Å²) in [5.41, 5.74) is 0.689. The lowest BCUT2D eigenvalue weighted by Crippen LogP contribution is -2.44. The van der Waals surface area contributed by atoms with E-state index in [0.717, 1.165) is 4.70 Å². The van der Waals surface area contributed by atoms with Crippen molar-refractivity contribution in [1.29, 1.82) is 0 Å². The van der Waals surface area contributed by atoms with Crippen LogP contribution >= 0.6 is 34.8 Å². The van der Waals surface area contributed by atoms with Crippen LogP contribution in [-0.4, -0.2) is 46.8 Å². The highest BCUT2D eigenvalue weighted by Gasteiger charge is 2.53. The Kier molecular flexibility index (Phi) is 6.73. The Morgan fingerprint density at radius 3 is 2.20 bits per heavy atom. The maximum atomic E-state index is 12.2. The zero-order chi connectivity index (χ0) is 22.4. The van der Waals surface area contributed by atoms with Crippen LogP contribution in [0, 0.1) is 0 Å². The number of hydrogen-bond donors (Lipinski definition) is 6. The van der Waals surface area contributed by atoms with Crippen molar-refractivity contribution >= 4 is 45.0 Å². The molecule has 2 unspecified atom stereocenters. The molecule has 0 radical (unpaired) electrons. The van der Waals surface area contributed by atoms with E-state index in [2.05, 4.69) is 18.1 Å². The molecule has 2 atom stereocenters. The van der Waals surface area contributed by atoms with Crippen LogP contribution in [0.25, 0.3) is 10.2 Å². The average molecular weight is 507 g/mol. The Morgan fingerprint density at radius 2 is 1.63 bits per heavy atom. The molecule has 1 fully saturated rings. The van der Waals surface area contributed by atoms with Gasteiger partial charge in [-0.1, -0.05) is 12.1 Å². The molecule has 2 heterocycles. The highest BCUT2D eigenvalue weighted by atomic mass is 32.1. The summed E-state index contributed by atoms with van der Waals surface area (Å²) < 4.78 is 51.9. The second-order valence-corrected chi connectivity index (χ2v) is 11.5. The summed E-state index contributed by atoms with van der Waals surface area (Å²) in [4.78, 5) is 39.5. The quantitative estimate of drug-likeness (QED) is 0.220. The van der Waals surface area contributed by atoms with Gasteiger partial charge in [-0.25, -0.2) is 23.2 Å². The first-order valence-corrected chi connectivity index (χ1v) is 13.3. The molecule has 0 saturated carbocycles. The minimum atomic E-state index is -5.87. The minimum absolute atomic E-state index is 0.112. The molecule has 18 heteroatoms. The van der Waals surface area contributed by atoms with Gasteiger partial charge in [-0.3, -0.25) is 0 Å². The monoisotopic (exact) mass is 507 g/mol. The number of aromatic nitrogens is 1. The number of aliphatic hydroxyl groups is 2. The predicted molar refractivity (Wildman–Crippen MR) is 98.6 cm³/mol. The Balaban J connectivity index is 1.77. The van der Waals surface area contributed by atoms with Gasteiger partial charge in [0.2, 0.25) is 0 Å². The summed E-state index contributed by atoms with van der Waals surface area (Å²) in [7, 11) is -17.3. The summed E-state index contributed by atoms with van der Waals surface area (Å²) in [6.45, 7) is 0. The topological polar surface area (TPSA) is 222 Å². The fourth-order valence-corrected chi connectivity index (χ4v) is 6.88. The van der Waals surface area contributed by atoms with Crippen LogP contribution in [-0.2, 0) is 31.6 Å². The molecule has 0 spiro atoms. The lowest BCUT2D eigenvalue weighted by Gasteiger charge is -2.30. The molecule has 1 aliphatic rings. The molecule has 1 aromatic carbocycles. The first kappa shape index (κ1) is 24.1. The fraction of sp³-hybridized carbons (Fsp3) is 0.417. The van der Waals surface area contributed by atoms with Gasteiger partial charge in [0.05, 0.1) is 10.2 Å². The van der Waals surface area contributed by atoms with Gasteiger partial charge in [0.1, 0.15) is 17.2 Å². The molecular formula is C12H16NO13P3S. The molecule has 6 N–H and O–H groups in total. The van der Waals surface area contributed by atoms with Crippen LogP contribution in [0.1, 0.15) is 24.0 Å². The first-order chi connectivity index (χ1) is 13.7. The van der Waals surface area contributed by atoms with Crippen LogP contribution in [0.2, 0.25) is 0 Å². The summed E-state index contributed by atoms with van der Waals surface area (Å²) in [6.07, 6.45) is -2.28. The predicted octanol–water partition coefficient (Wildman–Crippen LogP) is 1.50. The van der Waals surface area contributed by atoms with Crippen LogP contribution in [0.15, 0.2) is 24.3 Å². The lowest BCUT2D eigenvalue weighted by molar-refractivity contribution is -0.345. The second kappa shape index (κ2) is 8.39. The maximum Gasteiger partial charge on any atom is 0.497 e. The number of phosphoric acid groups is 3. The number of thiazole rings is 1. The number of ether oxygens (including phenoxy) is 1. The van der Waals surface area contributed by atoms with E-state index in [9.17, 15) is 23.9 Å². The number of fused-ring (bicyclic) bond motifs is 1. The van der Waals surface area contributed by atoms with E-state index >= 15 is 0 Å². The number of para-hydroxylation sites is 1. The van der Waals surface area contributed by atoms with E-state index in [1.165, 1.54) is 11.3 Å². The molecule has 3 rings (SSSR count). The Hall–Kier alpha value is -0.600. The van der Waals surface area contributed by atoms with Gasteiger partial charge in [-0.2, -0.15) is 8.62 Å². The molecule has 168 valence electrons. The van der Waals surface area contributed by atoms with E-state index in [4.69, 9.17) is 24.3 Å². The van der Waals surface area contributed by atoms with E-state index in [1.54, 1.807) is 12.1 Å². The van der Waals surface area contributed by atoms with Crippen molar-refractivity contribution in [3.05, 3.63) is 29.3 Å². The summed E-state index contributed by atoms with van der Waals surface area (Å²) in [6, 6.07) is 7.18. The Morgan fingerprint density at radius 1 is 1.03 bits per heavy atom. The molecular weight excluding hydrogens is 491 g/mol. The minimum Gasteiger partial charge on any atom is -0.359 e. The van der Waals surface area contributed by atoms with Gasteiger partial charge in [0, 0.05) is 0 Å². The van der Waals surface area contributed by atoms with E-state index in [1.807, 2.05) is 12.1 Å². The standard InChI is InChI=1S/C12H16NO13P3S/c14-12(15,24-29(22,25-27(16,17)18)26-28(19,20)21)10-6-5-8(23-10)11-13-7-3-1-2-4-9(7)30-11/h1-4,8,10,14-15H,5-6H2,(H2,16,17,18)(H2,19,20,21). The Labute approximate surface area is 172 Å². The molecule has 0 amide bonds. The zero-order valence-corrected chi connectivity index (χ0v) is 18.1. The van der Waals surface area contributed by atoms with Crippen molar-refractivity contribution < 1.29 is 61.4 Å². The van der Waals surface area contributed by atoms with Crippen molar-refractivity contribution in [1.82, 2.24) is 4.98 Å². The highest BCUT2D eigenvalue weighted by molar-refractivity contribution is 7.66. The average Bonchev–Trinajstić information content (AvgIpc) is 3.17. The van der Waals surface area contributed by atoms with Crippen molar-refractivity contribution in [2.45, 2.75) is 31.0 Å². The summed E-state index contributed by atoms with van der Waals surface area (Å²) in [5.74, 6) is -3.55. The van der Waals surface area contributed by atoms with Crippen molar-refractivity contribution in [2.75, 3.05) is 0 Å². The summed E-state index contributed by atoms with van der Waals surface area (Å²) in [5, 5.41) is 20.7. The zero-order valence-electron chi connectivity index (χ0n) is 14.6. The SMILES string of the molecule is O=P(O)(O)OP(=O)(OC(O)(O)C1CCC(c2nc3ccccc3s2)O1)OP(=O)(O)O. The van der Waals surface area contributed by atoms with Crippen LogP contribution in [0.5, 0.6) is 0 Å². The molecule has 0 bridgehead atoms. The normalized spacial score (nSPS) is 21.4. The van der Waals surface area contributed by atoms with Crippen molar-refractivity contribution in [3.63, 3.8) is 0 Å². The smallest absolute Gasteiger partial charge is 0.359 e. The third-order valence-electron chi connectivity index (χ3n) is 3.68. The molecule has 0 aliphatic carbocycles. The van der Waals surface area contributed by atoms with Crippen molar-refractivity contribution in [2.24, 2.45) is 0 Å². The molecule has 1 aliphatic heterocycles. The van der Waals surface area contributed by atoms with Gasteiger partial charge < -0.3 is 34.5 Å².